The minimum Gasteiger partial charge on any atom is -0.475 e. The number of anilines is 1. The molecule has 1 aliphatic carbocycles. The molecule has 2 N–H and O–H groups in total. The molecule has 1 fully saturated rings. The standard InChI is InChI=1S/C24H20FN5O.C2HF3O2/c25-20-5-7-21(8-6-20)29-24(31)22-10-18(15-30(22)14-16-3-4-16)19-12-27-23(28-13-19)17-2-1-9-26-11-17;3-2(4,5)1(6)7/h1-2,5-13,15-16H,3-4,14H2,(H,29,31);(H,6,7). The highest BCUT2D eigenvalue weighted by molar-refractivity contribution is 6.04. The van der Waals surface area contributed by atoms with Gasteiger partial charge in [-0.1, -0.05) is 0 Å². The van der Waals surface area contributed by atoms with Gasteiger partial charge in [-0.15, -0.1) is 0 Å². The van der Waals surface area contributed by atoms with E-state index in [0.29, 0.717) is 23.1 Å². The zero-order chi connectivity index (χ0) is 27.3. The van der Waals surface area contributed by atoms with Gasteiger partial charge in [0.2, 0.25) is 0 Å². The van der Waals surface area contributed by atoms with Crippen molar-refractivity contribution < 1.29 is 32.3 Å². The number of carbonyl (C=O) groups is 2. The first kappa shape index (κ1) is 26.5. The number of aliphatic carboxylic acids is 1. The van der Waals surface area contributed by atoms with Crippen molar-refractivity contribution in [3.8, 4) is 22.5 Å². The number of carbonyl (C=O) groups excluding carboxylic acids is 1. The first-order valence-corrected chi connectivity index (χ1v) is 11.4. The summed E-state index contributed by atoms with van der Waals surface area (Å²) in [5.74, 6) is -2.13. The molecule has 1 aromatic carbocycles. The normalized spacial score (nSPS) is 12.8. The van der Waals surface area contributed by atoms with E-state index in [1.807, 2.05) is 29.0 Å². The Kier molecular flexibility index (Phi) is 7.79. The molecule has 0 saturated heterocycles. The Morgan fingerprint density at radius 3 is 2.21 bits per heavy atom. The molecule has 38 heavy (non-hydrogen) atoms. The number of carboxylic acid groups (broad SMARTS) is 1. The largest absolute Gasteiger partial charge is 0.490 e. The van der Waals surface area contributed by atoms with E-state index in [2.05, 4.69) is 20.3 Å². The molecule has 0 atom stereocenters. The van der Waals surface area contributed by atoms with Crippen LogP contribution in [0.25, 0.3) is 22.5 Å². The second-order valence-electron chi connectivity index (χ2n) is 8.51. The molecule has 1 amide bonds. The minimum atomic E-state index is -5.08. The number of benzene rings is 1. The lowest BCUT2D eigenvalue weighted by Crippen LogP contribution is -2.21. The lowest BCUT2D eigenvalue weighted by molar-refractivity contribution is -0.192. The van der Waals surface area contributed by atoms with Crippen LogP contribution in [0, 0.1) is 11.7 Å². The molecule has 12 heteroatoms. The number of nitrogens with zero attached hydrogens (tertiary/aromatic N) is 4. The molecule has 1 saturated carbocycles. The fourth-order valence-corrected chi connectivity index (χ4v) is 3.44. The molecule has 0 radical (unpaired) electrons. The summed E-state index contributed by atoms with van der Waals surface area (Å²) in [4.78, 5) is 34.9. The summed E-state index contributed by atoms with van der Waals surface area (Å²) in [6.45, 7) is 0.792. The third kappa shape index (κ3) is 6.99. The first-order valence-electron chi connectivity index (χ1n) is 11.4. The minimum absolute atomic E-state index is 0.230. The molecule has 196 valence electrons. The number of aromatic nitrogens is 4. The summed E-state index contributed by atoms with van der Waals surface area (Å²) in [7, 11) is 0. The Balaban J connectivity index is 0.000000426. The number of pyridine rings is 1. The molecule has 0 aliphatic heterocycles. The fourth-order valence-electron chi connectivity index (χ4n) is 3.44. The van der Waals surface area contributed by atoms with Crippen molar-refractivity contribution >= 4 is 17.6 Å². The summed E-state index contributed by atoms with van der Waals surface area (Å²) in [5, 5.41) is 9.98. The Hall–Kier alpha value is -4.61. The summed E-state index contributed by atoms with van der Waals surface area (Å²) >= 11 is 0. The van der Waals surface area contributed by atoms with Gasteiger partial charge < -0.3 is 15.0 Å². The SMILES string of the molecule is O=C(Nc1ccc(F)cc1)c1cc(-c2cnc(-c3cccnc3)nc2)cn1CC1CC1.O=C(O)C(F)(F)F. The van der Waals surface area contributed by atoms with Crippen molar-refractivity contribution in [1.29, 1.82) is 0 Å². The monoisotopic (exact) mass is 527 g/mol. The maximum atomic E-state index is 13.2. The van der Waals surface area contributed by atoms with Gasteiger partial charge >= 0.3 is 12.1 Å². The number of hydrogen-bond acceptors (Lipinski definition) is 5. The van der Waals surface area contributed by atoms with Crippen molar-refractivity contribution in [2.24, 2.45) is 5.92 Å². The highest BCUT2D eigenvalue weighted by Gasteiger charge is 2.38. The molecule has 3 heterocycles. The number of hydrogen-bond donors (Lipinski definition) is 2. The van der Waals surface area contributed by atoms with Crippen LogP contribution in [0.2, 0.25) is 0 Å². The number of halogens is 4. The van der Waals surface area contributed by atoms with Crippen molar-refractivity contribution in [2.75, 3.05) is 5.32 Å². The van der Waals surface area contributed by atoms with Gasteiger partial charge in [0.15, 0.2) is 5.82 Å². The number of alkyl halides is 3. The molecule has 3 aromatic heterocycles. The summed E-state index contributed by atoms with van der Waals surface area (Å²) < 4.78 is 46.9. The van der Waals surface area contributed by atoms with Crippen molar-refractivity contribution in [3.63, 3.8) is 0 Å². The average molecular weight is 527 g/mol. The van der Waals surface area contributed by atoms with Crippen LogP contribution in [0.4, 0.5) is 23.2 Å². The van der Waals surface area contributed by atoms with Crippen LogP contribution in [0.15, 0.2) is 73.4 Å². The maximum absolute atomic E-state index is 13.2. The van der Waals surface area contributed by atoms with Gasteiger partial charge in [-0.3, -0.25) is 9.78 Å². The predicted molar refractivity (Wildman–Crippen MR) is 129 cm³/mol. The zero-order valence-corrected chi connectivity index (χ0v) is 19.7. The molecule has 8 nitrogen and oxygen atoms in total. The van der Waals surface area contributed by atoms with Gasteiger partial charge in [0.1, 0.15) is 11.5 Å². The van der Waals surface area contributed by atoms with E-state index in [1.165, 1.54) is 25.0 Å². The summed E-state index contributed by atoms with van der Waals surface area (Å²) in [6, 6.07) is 11.4. The van der Waals surface area contributed by atoms with Gasteiger partial charge in [0.25, 0.3) is 5.91 Å². The van der Waals surface area contributed by atoms with Crippen molar-refractivity contribution in [1.82, 2.24) is 19.5 Å². The quantitative estimate of drug-likeness (QED) is 0.323. The van der Waals surface area contributed by atoms with Crippen LogP contribution in [0.3, 0.4) is 0 Å². The highest BCUT2D eigenvalue weighted by atomic mass is 19.4. The molecule has 4 aromatic rings. The van der Waals surface area contributed by atoms with Gasteiger partial charge in [0, 0.05) is 59.9 Å². The second kappa shape index (κ2) is 11.2. The third-order valence-corrected chi connectivity index (χ3v) is 5.53. The Morgan fingerprint density at radius 1 is 1.00 bits per heavy atom. The molecule has 0 spiro atoms. The fraction of sp³-hybridized carbons (Fsp3) is 0.192. The summed E-state index contributed by atoms with van der Waals surface area (Å²) in [6.07, 6.45) is 6.19. The molecule has 1 aliphatic rings. The Morgan fingerprint density at radius 2 is 1.66 bits per heavy atom. The van der Waals surface area contributed by atoms with Crippen LogP contribution in [-0.4, -0.2) is 42.7 Å². The first-order chi connectivity index (χ1) is 18.1. The number of amides is 1. The van der Waals surface area contributed by atoms with Gasteiger partial charge in [-0.25, -0.2) is 19.2 Å². The Bertz CT molecular complexity index is 1400. The van der Waals surface area contributed by atoms with E-state index in [9.17, 15) is 22.4 Å². The number of nitrogens with one attached hydrogen (secondary N) is 1. The van der Waals surface area contributed by atoms with Crippen molar-refractivity contribution in [2.45, 2.75) is 25.6 Å². The molecular weight excluding hydrogens is 506 g/mol. The van der Waals surface area contributed by atoms with Gasteiger partial charge in [-0.2, -0.15) is 13.2 Å². The molecular formula is C26H21F4N5O3. The van der Waals surface area contributed by atoms with Crippen LogP contribution in [0.5, 0.6) is 0 Å². The van der Waals surface area contributed by atoms with Gasteiger partial charge in [0.05, 0.1) is 0 Å². The number of carboxylic acids is 1. The van der Waals surface area contributed by atoms with E-state index in [-0.39, 0.29) is 11.7 Å². The van der Waals surface area contributed by atoms with E-state index >= 15 is 0 Å². The lowest BCUT2D eigenvalue weighted by Gasteiger charge is -2.09. The third-order valence-electron chi connectivity index (χ3n) is 5.53. The van der Waals surface area contributed by atoms with E-state index in [4.69, 9.17) is 9.90 Å². The molecule has 0 bridgehead atoms. The average Bonchev–Trinajstić information content (AvgIpc) is 3.62. The Labute approximate surface area is 214 Å². The van der Waals surface area contributed by atoms with Crippen LogP contribution in [0.1, 0.15) is 23.3 Å². The highest BCUT2D eigenvalue weighted by Crippen LogP contribution is 2.33. The van der Waals surface area contributed by atoms with E-state index < -0.39 is 12.1 Å². The second-order valence-corrected chi connectivity index (χ2v) is 8.51. The molecule has 0 unspecified atom stereocenters. The van der Waals surface area contributed by atoms with Gasteiger partial charge in [-0.05, 0) is 61.2 Å². The van der Waals surface area contributed by atoms with Crippen molar-refractivity contribution in [3.05, 3.63) is 85.0 Å². The predicted octanol–water partition coefficient (Wildman–Crippen LogP) is 5.44. The topological polar surface area (TPSA) is 110 Å². The van der Waals surface area contributed by atoms with E-state index in [1.54, 1.807) is 36.9 Å². The summed E-state index contributed by atoms with van der Waals surface area (Å²) in [5.41, 5.74) is 3.67. The number of rotatable bonds is 6. The van der Waals surface area contributed by atoms with Crippen LogP contribution < -0.4 is 5.32 Å². The maximum Gasteiger partial charge on any atom is 0.490 e. The zero-order valence-electron chi connectivity index (χ0n) is 19.7. The smallest absolute Gasteiger partial charge is 0.475 e. The lowest BCUT2D eigenvalue weighted by atomic mass is 10.1. The van der Waals surface area contributed by atoms with Crippen LogP contribution in [-0.2, 0) is 11.3 Å². The van der Waals surface area contributed by atoms with E-state index in [0.717, 1.165) is 23.2 Å². The molecule has 5 rings (SSSR count). The van der Waals surface area contributed by atoms with Crippen LogP contribution >= 0.6 is 0 Å².